The van der Waals surface area contributed by atoms with Gasteiger partial charge < -0.3 is 5.73 Å². The maximum Gasteiger partial charge on any atom is 0.417 e. The predicted molar refractivity (Wildman–Crippen MR) is 58.6 cm³/mol. The zero-order valence-electron chi connectivity index (χ0n) is 8.31. The molecular formula is C10H9BrF3NO. The molecule has 16 heavy (non-hydrogen) atoms. The molecule has 2 nitrogen and oxygen atoms in total. The summed E-state index contributed by atoms with van der Waals surface area (Å²) in [7, 11) is 0. The standard InChI is InChI=1S/C10H9BrF3NO/c1-5(11)9(16)7-4-6(15)2-3-8(7)10(12,13)14/h2-5H,15H2,1H3. The second-order valence-electron chi connectivity index (χ2n) is 3.28. The fraction of sp³-hybridized carbons (Fsp3) is 0.300. The van der Waals surface area contributed by atoms with Crippen molar-refractivity contribution in [2.45, 2.75) is 17.9 Å². The third kappa shape index (κ3) is 2.75. The predicted octanol–water partition coefficient (Wildman–Crippen LogP) is 3.25. The van der Waals surface area contributed by atoms with E-state index in [0.29, 0.717) is 0 Å². The summed E-state index contributed by atoms with van der Waals surface area (Å²) in [4.78, 5) is 10.9. The lowest BCUT2D eigenvalue weighted by molar-refractivity contribution is -0.137. The molecule has 6 heteroatoms. The smallest absolute Gasteiger partial charge is 0.399 e. The quantitative estimate of drug-likeness (QED) is 0.517. The number of hydrogen-bond acceptors (Lipinski definition) is 2. The van der Waals surface area contributed by atoms with Crippen LogP contribution in [-0.2, 0) is 6.18 Å². The summed E-state index contributed by atoms with van der Waals surface area (Å²) in [5.74, 6) is -0.639. The van der Waals surface area contributed by atoms with Crippen molar-refractivity contribution in [1.82, 2.24) is 0 Å². The van der Waals surface area contributed by atoms with E-state index in [-0.39, 0.29) is 5.69 Å². The topological polar surface area (TPSA) is 43.1 Å². The van der Waals surface area contributed by atoms with Gasteiger partial charge in [0.2, 0.25) is 0 Å². The molecule has 0 amide bonds. The highest BCUT2D eigenvalue weighted by atomic mass is 79.9. The SMILES string of the molecule is CC(Br)C(=O)c1cc(N)ccc1C(F)(F)F. The van der Waals surface area contributed by atoms with Crippen LogP contribution in [0.1, 0.15) is 22.8 Å². The lowest BCUT2D eigenvalue weighted by Gasteiger charge is -2.13. The van der Waals surface area contributed by atoms with Gasteiger partial charge in [-0.15, -0.1) is 0 Å². The molecule has 0 aliphatic carbocycles. The zero-order chi connectivity index (χ0) is 12.5. The molecule has 0 saturated carbocycles. The third-order valence-corrected chi connectivity index (χ3v) is 2.39. The first kappa shape index (κ1) is 13.0. The molecular weight excluding hydrogens is 287 g/mol. The molecule has 1 aromatic rings. The first-order valence-electron chi connectivity index (χ1n) is 4.38. The molecule has 2 N–H and O–H groups in total. The number of anilines is 1. The Morgan fingerprint density at radius 2 is 2.00 bits per heavy atom. The number of Topliss-reactive ketones (excluding diaryl/α,β-unsaturated/α-hetero) is 1. The average Bonchev–Trinajstić information content (AvgIpc) is 2.14. The molecule has 1 atom stereocenters. The summed E-state index contributed by atoms with van der Waals surface area (Å²) in [6.45, 7) is 1.46. The molecule has 1 rings (SSSR count). The molecule has 0 fully saturated rings. The summed E-state index contributed by atoms with van der Waals surface area (Å²) in [6, 6.07) is 2.99. The highest BCUT2D eigenvalue weighted by Crippen LogP contribution is 2.33. The Bertz CT molecular complexity index is 415. The Hall–Kier alpha value is -1.04. The fourth-order valence-electron chi connectivity index (χ4n) is 1.23. The largest absolute Gasteiger partial charge is 0.417 e. The zero-order valence-corrected chi connectivity index (χ0v) is 9.89. The Morgan fingerprint density at radius 3 is 2.44 bits per heavy atom. The highest BCUT2D eigenvalue weighted by Gasteiger charge is 2.35. The number of ketones is 1. The number of hydrogen-bond donors (Lipinski definition) is 1. The monoisotopic (exact) mass is 295 g/mol. The highest BCUT2D eigenvalue weighted by molar-refractivity contribution is 9.10. The van der Waals surface area contributed by atoms with Gasteiger partial charge in [0.25, 0.3) is 0 Å². The van der Waals surface area contributed by atoms with Gasteiger partial charge in [0.1, 0.15) is 0 Å². The minimum atomic E-state index is -4.55. The van der Waals surface area contributed by atoms with Crippen LogP contribution in [0, 0.1) is 0 Å². The van der Waals surface area contributed by atoms with E-state index in [2.05, 4.69) is 15.9 Å². The van der Waals surface area contributed by atoms with Gasteiger partial charge in [0.15, 0.2) is 5.78 Å². The summed E-state index contributed by atoms with van der Waals surface area (Å²) in [5.41, 5.74) is 4.14. The number of nitrogen functional groups attached to an aromatic ring is 1. The van der Waals surface area contributed by atoms with Crippen LogP contribution in [0.5, 0.6) is 0 Å². The molecule has 0 spiro atoms. The second-order valence-corrected chi connectivity index (χ2v) is 4.66. The van der Waals surface area contributed by atoms with Crippen LogP contribution in [0.2, 0.25) is 0 Å². The van der Waals surface area contributed by atoms with Gasteiger partial charge in [-0.2, -0.15) is 13.2 Å². The van der Waals surface area contributed by atoms with Crippen LogP contribution in [0.3, 0.4) is 0 Å². The van der Waals surface area contributed by atoms with Crippen molar-refractivity contribution in [1.29, 1.82) is 0 Å². The molecule has 1 unspecified atom stereocenters. The summed E-state index contributed by atoms with van der Waals surface area (Å²) < 4.78 is 37.8. The minimum Gasteiger partial charge on any atom is -0.399 e. The Labute approximate surface area is 98.8 Å². The van der Waals surface area contributed by atoms with Crippen molar-refractivity contribution in [3.8, 4) is 0 Å². The van der Waals surface area contributed by atoms with Crippen LogP contribution in [0.25, 0.3) is 0 Å². The van der Waals surface area contributed by atoms with E-state index in [9.17, 15) is 18.0 Å². The number of carbonyl (C=O) groups is 1. The summed E-state index contributed by atoms with van der Waals surface area (Å²) in [5, 5.41) is 0. The van der Waals surface area contributed by atoms with Crippen LogP contribution in [-0.4, -0.2) is 10.6 Å². The van der Waals surface area contributed by atoms with E-state index < -0.39 is 27.9 Å². The van der Waals surface area contributed by atoms with Gasteiger partial charge in [-0.05, 0) is 25.1 Å². The van der Waals surface area contributed by atoms with Gasteiger partial charge in [0, 0.05) is 11.3 Å². The van der Waals surface area contributed by atoms with Gasteiger partial charge in [-0.25, -0.2) is 0 Å². The average molecular weight is 296 g/mol. The van der Waals surface area contributed by atoms with Crippen molar-refractivity contribution in [2.75, 3.05) is 5.73 Å². The van der Waals surface area contributed by atoms with E-state index in [0.717, 1.165) is 18.2 Å². The molecule has 0 bridgehead atoms. The molecule has 0 saturated heterocycles. The fourth-order valence-corrected chi connectivity index (χ4v) is 1.47. The Kier molecular flexibility index (Phi) is 3.62. The second kappa shape index (κ2) is 4.45. The molecule has 0 aliphatic rings. The molecule has 0 radical (unpaired) electrons. The third-order valence-electron chi connectivity index (χ3n) is 1.98. The number of alkyl halides is 4. The van der Waals surface area contributed by atoms with Crippen molar-refractivity contribution in [3.63, 3.8) is 0 Å². The van der Waals surface area contributed by atoms with Crippen LogP contribution in [0.4, 0.5) is 18.9 Å². The van der Waals surface area contributed by atoms with Crippen molar-refractivity contribution >= 4 is 27.4 Å². The van der Waals surface area contributed by atoms with Crippen molar-refractivity contribution < 1.29 is 18.0 Å². The summed E-state index contributed by atoms with van der Waals surface area (Å²) >= 11 is 2.94. The minimum absolute atomic E-state index is 0.129. The van der Waals surface area contributed by atoms with Gasteiger partial charge in [-0.1, -0.05) is 15.9 Å². The van der Waals surface area contributed by atoms with Gasteiger partial charge >= 0.3 is 6.18 Å². The molecule has 1 aromatic carbocycles. The lowest BCUT2D eigenvalue weighted by Crippen LogP contribution is -2.18. The number of nitrogens with two attached hydrogens (primary N) is 1. The number of halogens is 4. The van der Waals surface area contributed by atoms with Crippen molar-refractivity contribution in [3.05, 3.63) is 29.3 Å². The Morgan fingerprint density at radius 1 is 1.44 bits per heavy atom. The molecule has 0 heterocycles. The maximum absolute atomic E-state index is 12.6. The van der Waals surface area contributed by atoms with E-state index >= 15 is 0 Å². The van der Waals surface area contributed by atoms with E-state index in [4.69, 9.17) is 5.73 Å². The summed E-state index contributed by atoms with van der Waals surface area (Å²) in [6.07, 6.45) is -4.55. The van der Waals surface area contributed by atoms with E-state index in [1.54, 1.807) is 0 Å². The van der Waals surface area contributed by atoms with Crippen LogP contribution >= 0.6 is 15.9 Å². The normalized spacial score (nSPS) is 13.6. The van der Waals surface area contributed by atoms with E-state index in [1.165, 1.54) is 6.92 Å². The molecule has 0 aromatic heterocycles. The van der Waals surface area contributed by atoms with Gasteiger partial charge in [0.05, 0.1) is 10.4 Å². The first-order valence-corrected chi connectivity index (χ1v) is 5.30. The number of rotatable bonds is 2. The van der Waals surface area contributed by atoms with E-state index in [1.807, 2.05) is 0 Å². The van der Waals surface area contributed by atoms with Crippen molar-refractivity contribution in [2.24, 2.45) is 0 Å². The maximum atomic E-state index is 12.6. The molecule has 0 aliphatic heterocycles. The number of benzene rings is 1. The van der Waals surface area contributed by atoms with Gasteiger partial charge in [-0.3, -0.25) is 4.79 Å². The Balaban J connectivity index is 3.35. The molecule has 88 valence electrons. The first-order chi connectivity index (χ1) is 7.23. The number of carbonyl (C=O) groups excluding carboxylic acids is 1. The van der Waals surface area contributed by atoms with Crippen LogP contribution in [0.15, 0.2) is 18.2 Å². The van der Waals surface area contributed by atoms with Crippen LogP contribution < -0.4 is 5.73 Å². The lowest BCUT2D eigenvalue weighted by atomic mass is 10.0.